The molecule has 2 atom stereocenters. The summed E-state index contributed by atoms with van der Waals surface area (Å²) in [5.41, 5.74) is 6.71. The van der Waals surface area contributed by atoms with Crippen molar-refractivity contribution < 1.29 is 13.6 Å². The van der Waals surface area contributed by atoms with Crippen LogP contribution in [0.25, 0.3) is 0 Å². The van der Waals surface area contributed by atoms with Gasteiger partial charge in [0.1, 0.15) is 11.6 Å². The largest absolute Gasteiger partial charge is 0.323 e. The van der Waals surface area contributed by atoms with Gasteiger partial charge in [0, 0.05) is 18.0 Å². The van der Waals surface area contributed by atoms with Gasteiger partial charge in [-0.05, 0) is 17.7 Å². The van der Waals surface area contributed by atoms with Gasteiger partial charge in [0.2, 0.25) is 0 Å². The SMILES string of the molecule is CC(C(=O)c1ccc(F)cc1F)C(N)c1ccccc1. The van der Waals surface area contributed by atoms with E-state index in [0.29, 0.717) is 6.07 Å². The fraction of sp³-hybridized carbons (Fsp3) is 0.188. The molecule has 2 nitrogen and oxygen atoms in total. The van der Waals surface area contributed by atoms with Crippen LogP contribution in [-0.4, -0.2) is 5.78 Å². The van der Waals surface area contributed by atoms with Gasteiger partial charge < -0.3 is 5.73 Å². The summed E-state index contributed by atoms with van der Waals surface area (Å²) >= 11 is 0. The minimum atomic E-state index is -0.859. The Kier molecular flexibility index (Phi) is 4.25. The van der Waals surface area contributed by atoms with Crippen molar-refractivity contribution in [2.75, 3.05) is 0 Å². The van der Waals surface area contributed by atoms with Crippen LogP contribution in [0.4, 0.5) is 8.78 Å². The molecule has 0 amide bonds. The molecule has 0 spiro atoms. The third-order valence-electron chi connectivity index (χ3n) is 3.33. The maximum Gasteiger partial charge on any atom is 0.170 e. The highest BCUT2D eigenvalue weighted by Gasteiger charge is 2.25. The fourth-order valence-corrected chi connectivity index (χ4v) is 2.06. The molecule has 2 rings (SSSR count). The number of carbonyl (C=O) groups is 1. The van der Waals surface area contributed by atoms with E-state index in [9.17, 15) is 13.6 Å². The molecule has 0 aliphatic rings. The molecule has 0 saturated heterocycles. The molecule has 0 aliphatic heterocycles. The highest BCUT2D eigenvalue weighted by atomic mass is 19.1. The summed E-state index contributed by atoms with van der Waals surface area (Å²) in [6.45, 7) is 1.64. The predicted molar refractivity (Wildman–Crippen MR) is 73.2 cm³/mol. The van der Waals surface area contributed by atoms with Crippen LogP contribution in [0.1, 0.15) is 28.9 Å². The van der Waals surface area contributed by atoms with E-state index in [4.69, 9.17) is 5.73 Å². The van der Waals surface area contributed by atoms with Crippen molar-refractivity contribution in [3.63, 3.8) is 0 Å². The summed E-state index contributed by atoms with van der Waals surface area (Å²) in [4.78, 5) is 12.2. The number of ketones is 1. The summed E-state index contributed by atoms with van der Waals surface area (Å²) in [5, 5.41) is 0. The summed E-state index contributed by atoms with van der Waals surface area (Å²) < 4.78 is 26.5. The Labute approximate surface area is 116 Å². The molecular weight excluding hydrogens is 260 g/mol. The molecule has 0 radical (unpaired) electrons. The van der Waals surface area contributed by atoms with E-state index in [1.165, 1.54) is 0 Å². The summed E-state index contributed by atoms with van der Waals surface area (Å²) in [5.74, 6) is -2.60. The van der Waals surface area contributed by atoms with Crippen LogP contribution in [0.5, 0.6) is 0 Å². The molecular formula is C16H15F2NO. The van der Waals surface area contributed by atoms with Gasteiger partial charge in [-0.1, -0.05) is 37.3 Å². The van der Waals surface area contributed by atoms with Gasteiger partial charge in [0.15, 0.2) is 5.78 Å². The number of halogens is 2. The minimum absolute atomic E-state index is 0.134. The summed E-state index contributed by atoms with van der Waals surface area (Å²) in [6.07, 6.45) is 0. The Morgan fingerprint density at radius 3 is 2.35 bits per heavy atom. The van der Waals surface area contributed by atoms with Crippen LogP contribution in [0, 0.1) is 17.6 Å². The maximum atomic E-state index is 13.6. The summed E-state index contributed by atoms with van der Waals surface area (Å²) in [7, 11) is 0. The lowest BCUT2D eigenvalue weighted by molar-refractivity contribution is 0.0908. The van der Waals surface area contributed by atoms with Crippen LogP contribution in [-0.2, 0) is 0 Å². The average molecular weight is 275 g/mol. The molecule has 2 aromatic carbocycles. The first kappa shape index (κ1) is 14.3. The van der Waals surface area contributed by atoms with Crippen LogP contribution in [0.15, 0.2) is 48.5 Å². The average Bonchev–Trinajstić information content (AvgIpc) is 2.46. The molecule has 0 aliphatic carbocycles. The van der Waals surface area contributed by atoms with Crippen molar-refractivity contribution in [1.82, 2.24) is 0 Å². The Hall–Kier alpha value is -2.07. The van der Waals surface area contributed by atoms with Gasteiger partial charge in [-0.25, -0.2) is 8.78 Å². The van der Waals surface area contributed by atoms with Crippen molar-refractivity contribution in [2.45, 2.75) is 13.0 Å². The standard InChI is InChI=1S/C16H15F2NO/c1-10(15(19)11-5-3-2-4-6-11)16(20)13-8-7-12(17)9-14(13)18/h2-10,15H,19H2,1H3. The van der Waals surface area contributed by atoms with E-state index in [-0.39, 0.29) is 5.56 Å². The van der Waals surface area contributed by atoms with Crippen LogP contribution >= 0.6 is 0 Å². The normalized spacial score (nSPS) is 13.8. The van der Waals surface area contributed by atoms with Gasteiger partial charge in [0.05, 0.1) is 5.56 Å². The molecule has 0 fully saturated rings. The van der Waals surface area contributed by atoms with Gasteiger partial charge >= 0.3 is 0 Å². The van der Waals surface area contributed by atoms with Crippen molar-refractivity contribution in [2.24, 2.45) is 11.7 Å². The van der Waals surface area contributed by atoms with Gasteiger partial charge in [0.25, 0.3) is 0 Å². The molecule has 0 aromatic heterocycles. The first-order valence-corrected chi connectivity index (χ1v) is 6.30. The van der Waals surface area contributed by atoms with Crippen LogP contribution in [0.3, 0.4) is 0 Å². The lowest BCUT2D eigenvalue weighted by atomic mass is 9.88. The van der Waals surface area contributed by atoms with Crippen molar-refractivity contribution in [3.05, 3.63) is 71.3 Å². The van der Waals surface area contributed by atoms with Crippen molar-refractivity contribution in [1.29, 1.82) is 0 Å². The molecule has 0 saturated carbocycles. The second-order valence-corrected chi connectivity index (χ2v) is 4.71. The van der Waals surface area contributed by atoms with E-state index in [1.54, 1.807) is 6.92 Å². The van der Waals surface area contributed by atoms with E-state index in [2.05, 4.69) is 0 Å². The topological polar surface area (TPSA) is 43.1 Å². The molecule has 104 valence electrons. The highest BCUT2D eigenvalue weighted by Crippen LogP contribution is 2.24. The Bertz CT molecular complexity index is 613. The predicted octanol–water partition coefficient (Wildman–Crippen LogP) is 3.48. The van der Waals surface area contributed by atoms with Crippen molar-refractivity contribution >= 4 is 5.78 Å². The number of carbonyl (C=O) groups excluding carboxylic acids is 1. The Morgan fingerprint density at radius 2 is 1.75 bits per heavy atom. The van der Waals surface area contributed by atoms with Crippen LogP contribution in [0.2, 0.25) is 0 Å². The number of Topliss-reactive ketones (excluding diaryl/α,β-unsaturated/α-hetero) is 1. The lowest BCUT2D eigenvalue weighted by Gasteiger charge is -2.19. The maximum absolute atomic E-state index is 13.6. The second-order valence-electron chi connectivity index (χ2n) is 4.71. The number of benzene rings is 2. The first-order chi connectivity index (χ1) is 9.50. The molecule has 2 aromatic rings. The lowest BCUT2D eigenvalue weighted by Crippen LogP contribution is -2.26. The molecule has 0 heterocycles. The van der Waals surface area contributed by atoms with Gasteiger partial charge in [-0.3, -0.25) is 4.79 Å². The summed E-state index contributed by atoms with van der Waals surface area (Å²) in [6, 6.07) is 11.5. The van der Waals surface area contributed by atoms with Crippen molar-refractivity contribution in [3.8, 4) is 0 Å². The monoisotopic (exact) mass is 275 g/mol. The Morgan fingerprint density at radius 1 is 1.10 bits per heavy atom. The van der Waals surface area contributed by atoms with Gasteiger partial charge in [-0.2, -0.15) is 0 Å². The zero-order valence-electron chi connectivity index (χ0n) is 11.0. The highest BCUT2D eigenvalue weighted by molar-refractivity contribution is 5.98. The molecule has 0 bridgehead atoms. The number of hydrogen-bond acceptors (Lipinski definition) is 2. The molecule has 2 N–H and O–H groups in total. The number of rotatable bonds is 4. The molecule has 2 unspecified atom stereocenters. The number of hydrogen-bond donors (Lipinski definition) is 1. The molecule has 4 heteroatoms. The third-order valence-corrected chi connectivity index (χ3v) is 3.33. The zero-order chi connectivity index (χ0) is 14.7. The third kappa shape index (κ3) is 2.91. The second kappa shape index (κ2) is 5.92. The van der Waals surface area contributed by atoms with E-state index in [1.807, 2.05) is 30.3 Å². The fourth-order valence-electron chi connectivity index (χ4n) is 2.06. The number of nitrogens with two attached hydrogens (primary N) is 1. The molecule has 20 heavy (non-hydrogen) atoms. The first-order valence-electron chi connectivity index (χ1n) is 6.30. The van der Waals surface area contributed by atoms with E-state index in [0.717, 1.165) is 17.7 Å². The van der Waals surface area contributed by atoms with Crippen LogP contribution < -0.4 is 5.73 Å². The quantitative estimate of drug-likeness (QED) is 0.868. The Balaban J connectivity index is 2.24. The van der Waals surface area contributed by atoms with E-state index < -0.39 is 29.4 Å². The zero-order valence-corrected chi connectivity index (χ0v) is 11.0. The van der Waals surface area contributed by atoms with Gasteiger partial charge in [-0.15, -0.1) is 0 Å². The minimum Gasteiger partial charge on any atom is -0.323 e. The smallest absolute Gasteiger partial charge is 0.170 e. The van der Waals surface area contributed by atoms with E-state index >= 15 is 0 Å².